The van der Waals surface area contributed by atoms with Crippen LogP contribution >= 0.6 is 12.2 Å². The number of rotatable bonds is 3. The van der Waals surface area contributed by atoms with Crippen LogP contribution in [0.1, 0.15) is 37.7 Å². The molecular formula is C16H20N2S. The molecule has 1 aliphatic rings. The average molecular weight is 272 g/mol. The summed E-state index contributed by atoms with van der Waals surface area (Å²) < 4.78 is 2.38. The largest absolute Gasteiger partial charge is 0.389 e. The van der Waals surface area contributed by atoms with Gasteiger partial charge in [-0.25, -0.2) is 0 Å². The molecule has 1 heterocycles. The van der Waals surface area contributed by atoms with Gasteiger partial charge in [-0.3, -0.25) is 0 Å². The zero-order chi connectivity index (χ0) is 13.2. The summed E-state index contributed by atoms with van der Waals surface area (Å²) in [6.07, 6.45) is 9.17. The van der Waals surface area contributed by atoms with Gasteiger partial charge in [0.1, 0.15) is 4.99 Å². The zero-order valence-electron chi connectivity index (χ0n) is 11.1. The van der Waals surface area contributed by atoms with Crippen LogP contribution in [0.4, 0.5) is 0 Å². The van der Waals surface area contributed by atoms with E-state index in [1.807, 2.05) is 6.07 Å². The second-order valence-corrected chi connectivity index (χ2v) is 6.05. The van der Waals surface area contributed by atoms with Gasteiger partial charge in [-0.05, 0) is 43.0 Å². The normalized spacial score (nSPS) is 16.8. The second-order valence-electron chi connectivity index (χ2n) is 5.61. The Balaban J connectivity index is 1.86. The first-order valence-corrected chi connectivity index (χ1v) is 7.53. The van der Waals surface area contributed by atoms with E-state index in [1.54, 1.807) is 0 Å². The van der Waals surface area contributed by atoms with E-state index in [-0.39, 0.29) is 0 Å². The summed E-state index contributed by atoms with van der Waals surface area (Å²) in [6, 6.07) is 8.43. The van der Waals surface area contributed by atoms with E-state index in [1.165, 1.54) is 43.0 Å². The molecule has 3 heteroatoms. The van der Waals surface area contributed by atoms with Gasteiger partial charge in [-0.2, -0.15) is 0 Å². The lowest BCUT2D eigenvalue weighted by atomic mass is 9.89. The fourth-order valence-corrected chi connectivity index (χ4v) is 3.29. The van der Waals surface area contributed by atoms with Crippen LogP contribution in [-0.2, 0) is 6.54 Å². The van der Waals surface area contributed by atoms with Crippen LogP contribution < -0.4 is 5.73 Å². The van der Waals surface area contributed by atoms with Gasteiger partial charge >= 0.3 is 0 Å². The quantitative estimate of drug-likeness (QED) is 0.860. The third kappa shape index (κ3) is 2.66. The first-order chi connectivity index (χ1) is 9.24. The van der Waals surface area contributed by atoms with Crippen molar-refractivity contribution in [3.05, 3.63) is 36.0 Å². The van der Waals surface area contributed by atoms with Crippen molar-refractivity contribution in [3.8, 4) is 0 Å². The molecule has 1 saturated carbocycles. The molecular weight excluding hydrogens is 252 g/mol. The maximum atomic E-state index is 5.69. The molecule has 2 aromatic rings. The van der Waals surface area contributed by atoms with Gasteiger partial charge in [-0.15, -0.1) is 0 Å². The van der Waals surface area contributed by atoms with Crippen molar-refractivity contribution < 1.29 is 0 Å². The maximum Gasteiger partial charge on any atom is 0.104 e. The Morgan fingerprint density at radius 3 is 2.74 bits per heavy atom. The van der Waals surface area contributed by atoms with Gasteiger partial charge < -0.3 is 10.3 Å². The lowest BCUT2D eigenvalue weighted by Crippen LogP contribution is -2.13. The molecule has 0 radical (unpaired) electrons. The minimum Gasteiger partial charge on any atom is -0.389 e. The molecule has 2 nitrogen and oxygen atoms in total. The van der Waals surface area contributed by atoms with E-state index in [0.717, 1.165) is 18.0 Å². The molecule has 0 bridgehead atoms. The number of thiocarbonyl (C=S) groups is 1. The van der Waals surface area contributed by atoms with Gasteiger partial charge in [0.25, 0.3) is 0 Å². The minimum absolute atomic E-state index is 0.474. The average Bonchev–Trinajstić information content (AvgIpc) is 2.82. The molecule has 1 aromatic heterocycles. The summed E-state index contributed by atoms with van der Waals surface area (Å²) in [6.45, 7) is 1.15. The van der Waals surface area contributed by atoms with Gasteiger partial charge in [0, 0.05) is 29.2 Å². The Bertz CT molecular complexity index is 594. The van der Waals surface area contributed by atoms with Crippen LogP contribution in [0.3, 0.4) is 0 Å². The summed E-state index contributed by atoms with van der Waals surface area (Å²) >= 11 is 5.03. The Hall–Kier alpha value is -1.35. The van der Waals surface area contributed by atoms with Crippen LogP contribution in [0.15, 0.2) is 30.5 Å². The number of hydrogen-bond donors (Lipinski definition) is 1. The smallest absolute Gasteiger partial charge is 0.104 e. The maximum absolute atomic E-state index is 5.69. The van der Waals surface area contributed by atoms with Gasteiger partial charge in [0.2, 0.25) is 0 Å². The number of aromatic nitrogens is 1. The van der Waals surface area contributed by atoms with Crippen molar-refractivity contribution in [1.82, 2.24) is 4.57 Å². The van der Waals surface area contributed by atoms with Crippen molar-refractivity contribution >= 4 is 28.1 Å². The van der Waals surface area contributed by atoms with Crippen molar-refractivity contribution in [2.75, 3.05) is 0 Å². The molecule has 0 aliphatic heterocycles. The number of nitrogens with two attached hydrogens (primary N) is 1. The highest BCUT2D eigenvalue weighted by molar-refractivity contribution is 7.80. The molecule has 1 aliphatic carbocycles. The van der Waals surface area contributed by atoms with E-state index in [0.29, 0.717) is 4.99 Å². The van der Waals surface area contributed by atoms with Gasteiger partial charge in [0.05, 0.1) is 0 Å². The molecule has 100 valence electrons. The summed E-state index contributed by atoms with van der Waals surface area (Å²) in [5.41, 5.74) is 7.94. The van der Waals surface area contributed by atoms with Crippen LogP contribution in [0.5, 0.6) is 0 Å². The number of nitrogens with zero attached hydrogens (tertiary/aromatic N) is 1. The number of hydrogen-bond acceptors (Lipinski definition) is 1. The monoisotopic (exact) mass is 272 g/mol. The first-order valence-electron chi connectivity index (χ1n) is 7.13. The summed E-state index contributed by atoms with van der Waals surface area (Å²) in [4.78, 5) is 0.474. The molecule has 0 unspecified atom stereocenters. The fraction of sp³-hybridized carbons (Fsp3) is 0.438. The zero-order valence-corrected chi connectivity index (χ0v) is 12.0. The van der Waals surface area contributed by atoms with Crippen LogP contribution in [0.25, 0.3) is 10.9 Å². The molecule has 0 amide bonds. The first kappa shape index (κ1) is 12.7. The lowest BCUT2D eigenvalue weighted by molar-refractivity contribution is 0.322. The highest BCUT2D eigenvalue weighted by atomic mass is 32.1. The predicted octanol–water partition coefficient (Wildman–Crippen LogP) is 3.86. The van der Waals surface area contributed by atoms with Crippen LogP contribution in [-0.4, -0.2) is 9.56 Å². The Morgan fingerprint density at radius 2 is 2.00 bits per heavy atom. The van der Waals surface area contributed by atoms with Crippen molar-refractivity contribution in [3.63, 3.8) is 0 Å². The Labute approximate surface area is 119 Å². The highest BCUT2D eigenvalue weighted by Crippen LogP contribution is 2.27. The van der Waals surface area contributed by atoms with E-state index in [4.69, 9.17) is 18.0 Å². The fourth-order valence-electron chi connectivity index (χ4n) is 3.16. The van der Waals surface area contributed by atoms with E-state index in [9.17, 15) is 0 Å². The van der Waals surface area contributed by atoms with E-state index in [2.05, 4.69) is 29.0 Å². The minimum atomic E-state index is 0.474. The summed E-state index contributed by atoms with van der Waals surface area (Å²) in [7, 11) is 0. The number of benzene rings is 1. The van der Waals surface area contributed by atoms with Gasteiger partial charge in [-0.1, -0.05) is 31.5 Å². The highest BCUT2D eigenvalue weighted by Gasteiger charge is 2.14. The van der Waals surface area contributed by atoms with E-state index < -0.39 is 0 Å². The summed E-state index contributed by atoms with van der Waals surface area (Å²) in [5, 5.41) is 1.24. The van der Waals surface area contributed by atoms with Crippen molar-refractivity contribution in [2.24, 2.45) is 11.7 Å². The SMILES string of the molecule is NC(=S)c1ccc2c(ccn2CC2CCCCC2)c1. The second kappa shape index (κ2) is 5.33. The molecule has 0 spiro atoms. The topological polar surface area (TPSA) is 30.9 Å². The molecule has 0 atom stereocenters. The molecule has 19 heavy (non-hydrogen) atoms. The molecule has 0 saturated heterocycles. The molecule has 3 rings (SSSR count). The molecule has 2 N–H and O–H groups in total. The van der Waals surface area contributed by atoms with Crippen LogP contribution in [0.2, 0.25) is 0 Å². The standard InChI is InChI=1S/C16H20N2S/c17-16(19)14-6-7-15-13(10-14)8-9-18(15)11-12-4-2-1-3-5-12/h6-10,12H,1-5,11H2,(H2,17,19). The third-order valence-corrected chi connectivity index (χ3v) is 4.47. The Morgan fingerprint density at radius 1 is 1.21 bits per heavy atom. The summed E-state index contributed by atoms with van der Waals surface area (Å²) in [5.74, 6) is 0.847. The van der Waals surface area contributed by atoms with Crippen molar-refractivity contribution in [2.45, 2.75) is 38.6 Å². The third-order valence-electron chi connectivity index (χ3n) is 4.24. The van der Waals surface area contributed by atoms with Crippen LogP contribution in [0, 0.1) is 5.92 Å². The van der Waals surface area contributed by atoms with Gasteiger partial charge in [0.15, 0.2) is 0 Å². The number of fused-ring (bicyclic) bond motifs is 1. The molecule has 1 aromatic carbocycles. The van der Waals surface area contributed by atoms with E-state index >= 15 is 0 Å². The lowest BCUT2D eigenvalue weighted by Gasteiger charge is -2.22. The predicted molar refractivity (Wildman–Crippen MR) is 84.4 cm³/mol. The Kier molecular flexibility index (Phi) is 3.56. The van der Waals surface area contributed by atoms with Crippen molar-refractivity contribution in [1.29, 1.82) is 0 Å². The molecule has 1 fully saturated rings.